The summed E-state index contributed by atoms with van der Waals surface area (Å²) in [4.78, 5) is 6.77. The third-order valence-electron chi connectivity index (χ3n) is 5.06. The lowest BCUT2D eigenvalue weighted by molar-refractivity contribution is 0.408. The SMILES string of the molecule is COc1ccccc1CN1CCCn2nc(C)c(-c3cnccc3C)c21. The van der Waals surface area contributed by atoms with Crippen molar-refractivity contribution < 1.29 is 4.74 Å². The Morgan fingerprint density at radius 1 is 1.12 bits per heavy atom. The highest BCUT2D eigenvalue weighted by Crippen LogP contribution is 2.38. The molecule has 134 valence electrons. The minimum atomic E-state index is 0.807. The quantitative estimate of drug-likeness (QED) is 0.715. The van der Waals surface area contributed by atoms with Crippen LogP contribution in [0, 0.1) is 13.8 Å². The third-order valence-corrected chi connectivity index (χ3v) is 5.06. The smallest absolute Gasteiger partial charge is 0.135 e. The molecule has 0 atom stereocenters. The van der Waals surface area contributed by atoms with Gasteiger partial charge in [0.1, 0.15) is 11.6 Å². The zero-order chi connectivity index (χ0) is 18.1. The monoisotopic (exact) mass is 348 g/mol. The topological polar surface area (TPSA) is 43.2 Å². The molecule has 0 unspecified atom stereocenters. The standard InChI is InChI=1S/C21H24N4O/c1-15-9-10-22-13-18(15)20-16(2)23-25-12-6-11-24(21(20)25)14-17-7-4-5-8-19(17)26-3/h4-5,7-10,13H,6,11-12,14H2,1-3H3. The molecule has 3 aromatic rings. The van der Waals surface area contributed by atoms with E-state index in [1.54, 1.807) is 7.11 Å². The number of hydrogen-bond acceptors (Lipinski definition) is 4. The summed E-state index contributed by atoms with van der Waals surface area (Å²) < 4.78 is 7.70. The van der Waals surface area contributed by atoms with Crippen molar-refractivity contribution in [3.05, 3.63) is 59.5 Å². The van der Waals surface area contributed by atoms with Crippen molar-refractivity contribution >= 4 is 5.82 Å². The predicted octanol–water partition coefficient (Wildman–Crippen LogP) is 3.98. The molecule has 0 saturated heterocycles. The molecule has 4 rings (SSSR count). The fourth-order valence-corrected chi connectivity index (χ4v) is 3.80. The van der Waals surface area contributed by atoms with Crippen LogP contribution < -0.4 is 9.64 Å². The number of hydrogen-bond donors (Lipinski definition) is 0. The minimum Gasteiger partial charge on any atom is -0.496 e. The van der Waals surface area contributed by atoms with Crippen LogP contribution in [0.15, 0.2) is 42.7 Å². The van der Waals surface area contributed by atoms with Crippen LogP contribution in [0.3, 0.4) is 0 Å². The first kappa shape index (κ1) is 16.6. The van der Waals surface area contributed by atoms with Gasteiger partial charge in [-0.15, -0.1) is 0 Å². The van der Waals surface area contributed by atoms with Crippen molar-refractivity contribution in [3.8, 4) is 16.9 Å². The summed E-state index contributed by atoms with van der Waals surface area (Å²) in [6, 6.07) is 10.3. The van der Waals surface area contributed by atoms with Gasteiger partial charge < -0.3 is 9.64 Å². The predicted molar refractivity (Wildman–Crippen MR) is 104 cm³/mol. The van der Waals surface area contributed by atoms with Crippen molar-refractivity contribution in [2.24, 2.45) is 0 Å². The van der Waals surface area contributed by atoms with Gasteiger partial charge in [0.15, 0.2) is 0 Å². The molecule has 1 aliphatic heterocycles. The summed E-state index contributed by atoms with van der Waals surface area (Å²) in [5.41, 5.74) is 5.84. The van der Waals surface area contributed by atoms with E-state index in [-0.39, 0.29) is 0 Å². The normalized spacial score (nSPS) is 13.6. The Balaban J connectivity index is 1.80. The number of anilines is 1. The molecular formula is C21H24N4O. The molecule has 3 heterocycles. The van der Waals surface area contributed by atoms with Crippen molar-refractivity contribution in [2.45, 2.75) is 33.4 Å². The van der Waals surface area contributed by atoms with E-state index in [0.29, 0.717) is 0 Å². The number of fused-ring (bicyclic) bond motifs is 1. The molecule has 0 bridgehead atoms. The molecule has 5 nitrogen and oxygen atoms in total. The summed E-state index contributed by atoms with van der Waals surface area (Å²) in [6.45, 7) is 7.00. The molecule has 1 aromatic carbocycles. The molecule has 0 aliphatic carbocycles. The zero-order valence-corrected chi connectivity index (χ0v) is 15.6. The van der Waals surface area contributed by atoms with Gasteiger partial charge in [-0.25, -0.2) is 4.68 Å². The van der Waals surface area contributed by atoms with E-state index < -0.39 is 0 Å². The fourth-order valence-electron chi connectivity index (χ4n) is 3.80. The molecule has 0 saturated carbocycles. The lowest BCUT2D eigenvalue weighted by Gasteiger charge is -2.31. The van der Waals surface area contributed by atoms with Crippen LogP contribution >= 0.6 is 0 Å². The lowest BCUT2D eigenvalue weighted by Crippen LogP contribution is -2.32. The number of pyridine rings is 1. The Bertz CT molecular complexity index is 932. The van der Waals surface area contributed by atoms with E-state index in [0.717, 1.165) is 43.1 Å². The summed E-state index contributed by atoms with van der Waals surface area (Å²) in [7, 11) is 1.73. The molecule has 0 fully saturated rings. The van der Waals surface area contributed by atoms with Gasteiger partial charge in [-0.3, -0.25) is 4.98 Å². The van der Waals surface area contributed by atoms with Crippen LogP contribution in [-0.2, 0) is 13.1 Å². The van der Waals surface area contributed by atoms with E-state index in [1.165, 1.54) is 22.5 Å². The number of aryl methyl sites for hydroxylation is 3. The van der Waals surface area contributed by atoms with Crippen LogP contribution in [0.25, 0.3) is 11.1 Å². The van der Waals surface area contributed by atoms with Crippen LogP contribution in [0.4, 0.5) is 5.82 Å². The van der Waals surface area contributed by atoms with Crippen molar-refractivity contribution in [2.75, 3.05) is 18.6 Å². The van der Waals surface area contributed by atoms with E-state index in [4.69, 9.17) is 9.84 Å². The molecule has 5 heteroatoms. The molecule has 1 aliphatic rings. The maximum absolute atomic E-state index is 5.55. The van der Waals surface area contributed by atoms with Crippen LogP contribution in [-0.4, -0.2) is 28.4 Å². The molecule has 0 N–H and O–H groups in total. The molecule has 0 spiro atoms. The van der Waals surface area contributed by atoms with E-state index >= 15 is 0 Å². The highest BCUT2D eigenvalue weighted by Gasteiger charge is 2.26. The maximum atomic E-state index is 5.55. The van der Waals surface area contributed by atoms with Gasteiger partial charge in [-0.1, -0.05) is 18.2 Å². The molecule has 0 amide bonds. The number of rotatable bonds is 4. The number of para-hydroxylation sites is 1. The Hall–Kier alpha value is -2.82. The molecule has 26 heavy (non-hydrogen) atoms. The average molecular weight is 348 g/mol. The largest absolute Gasteiger partial charge is 0.496 e. The number of nitrogens with zero attached hydrogens (tertiary/aromatic N) is 4. The fraction of sp³-hybridized carbons (Fsp3) is 0.333. The van der Waals surface area contributed by atoms with Gasteiger partial charge in [-0.05, 0) is 38.0 Å². The van der Waals surface area contributed by atoms with Crippen molar-refractivity contribution in [1.29, 1.82) is 0 Å². The highest BCUT2D eigenvalue weighted by atomic mass is 16.5. The lowest BCUT2D eigenvalue weighted by atomic mass is 10.0. The first-order chi connectivity index (χ1) is 12.7. The van der Waals surface area contributed by atoms with Crippen LogP contribution in [0.2, 0.25) is 0 Å². The Morgan fingerprint density at radius 3 is 2.77 bits per heavy atom. The first-order valence-corrected chi connectivity index (χ1v) is 9.04. The highest BCUT2D eigenvalue weighted by molar-refractivity contribution is 5.80. The van der Waals surface area contributed by atoms with Gasteiger partial charge in [0.2, 0.25) is 0 Å². The number of benzene rings is 1. The molecule has 2 aromatic heterocycles. The van der Waals surface area contributed by atoms with Gasteiger partial charge in [0, 0.05) is 48.7 Å². The Labute approximate surface area is 154 Å². The second kappa shape index (κ2) is 6.83. The second-order valence-electron chi connectivity index (χ2n) is 6.78. The van der Waals surface area contributed by atoms with E-state index in [9.17, 15) is 0 Å². The van der Waals surface area contributed by atoms with Gasteiger partial charge in [-0.2, -0.15) is 5.10 Å². The van der Waals surface area contributed by atoms with Gasteiger partial charge in [0.25, 0.3) is 0 Å². The summed E-state index contributed by atoms with van der Waals surface area (Å²) in [6.07, 6.45) is 4.89. The number of ether oxygens (including phenoxy) is 1. The van der Waals surface area contributed by atoms with Crippen LogP contribution in [0.1, 0.15) is 23.2 Å². The first-order valence-electron chi connectivity index (χ1n) is 9.04. The van der Waals surface area contributed by atoms with Crippen molar-refractivity contribution in [1.82, 2.24) is 14.8 Å². The Morgan fingerprint density at radius 2 is 1.96 bits per heavy atom. The molecular weight excluding hydrogens is 324 g/mol. The summed E-state index contributed by atoms with van der Waals surface area (Å²) in [5.74, 6) is 2.12. The Kier molecular flexibility index (Phi) is 4.37. The van der Waals surface area contributed by atoms with E-state index in [1.807, 2.05) is 24.5 Å². The summed E-state index contributed by atoms with van der Waals surface area (Å²) in [5, 5.41) is 4.82. The summed E-state index contributed by atoms with van der Waals surface area (Å²) >= 11 is 0. The number of aromatic nitrogens is 3. The third kappa shape index (κ3) is 2.83. The van der Waals surface area contributed by atoms with E-state index in [2.05, 4.69) is 46.6 Å². The maximum Gasteiger partial charge on any atom is 0.135 e. The second-order valence-corrected chi connectivity index (χ2v) is 6.78. The van der Waals surface area contributed by atoms with Crippen LogP contribution in [0.5, 0.6) is 5.75 Å². The minimum absolute atomic E-state index is 0.807. The van der Waals surface area contributed by atoms with Crippen molar-refractivity contribution in [3.63, 3.8) is 0 Å². The average Bonchev–Trinajstić information content (AvgIpc) is 2.99. The van der Waals surface area contributed by atoms with Gasteiger partial charge in [0.05, 0.1) is 12.8 Å². The molecule has 0 radical (unpaired) electrons. The zero-order valence-electron chi connectivity index (χ0n) is 15.6. The number of methoxy groups -OCH3 is 1. The van der Waals surface area contributed by atoms with Gasteiger partial charge >= 0.3 is 0 Å².